The number of alkyl halides is 3. The number of likely N-dealkylation sites (N-methyl/N-ethyl adjacent to an activating group) is 1. The highest BCUT2D eigenvalue weighted by molar-refractivity contribution is 5.92. The molecule has 0 aliphatic carbocycles. The number of rotatable bonds is 5. The van der Waals surface area contributed by atoms with Crippen LogP contribution >= 0.6 is 0 Å². The smallest absolute Gasteiger partial charge is 0.378 e. The number of methoxy groups -OCH3 is 1. The zero-order valence-corrected chi connectivity index (χ0v) is 21.1. The van der Waals surface area contributed by atoms with Crippen LogP contribution in [0, 0.1) is 0 Å². The topological polar surface area (TPSA) is 63.2 Å². The second kappa shape index (κ2) is 9.39. The van der Waals surface area contributed by atoms with Gasteiger partial charge in [0.25, 0.3) is 0 Å². The number of halogens is 3. The summed E-state index contributed by atoms with van der Waals surface area (Å²) in [4.78, 5) is 15.3. The van der Waals surface area contributed by atoms with Gasteiger partial charge < -0.3 is 15.0 Å². The van der Waals surface area contributed by atoms with E-state index in [1.807, 2.05) is 6.07 Å². The van der Waals surface area contributed by atoms with Crippen molar-refractivity contribution in [1.82, 2.24) is 19.9 Å². The molecule has 3 aromatic heterocycles. The first-order chi connectivity index (χ1) is 17.5. The molecule has 0 amide bonds. The van der Waals surface area contributed by atoms with Gasteiger partial charge in [0, 0.05) is 42.9 Å². The van der Waals surface area contributed by atoms with Crippen LogP contribution in [0.25, 0.3) is 22.4 Å². The van der Waals surface area contributed by atoms with Crippen LogP contribution in [0.2, 0.25) is 0 Å². The molecular formula is C28H28F3N5O. The van der Waals surface area contributed by atoms with Gasteiger partial charge in [-0.25, -0.2) is 9.97 Å². The minimum atomic E-state index is -4.55. The van der Waals surface area contributed by atoms with Gasteiger partial charge in [-0.2, -0.15) is 13.2 Å². The molecule has 0 spiro atoms. The quantitative estimate of drug-likeness (QED) is 0.341. The maximum absolute atomic E-state index is 13.6. The molecule has 4 heterocycles. The van der Waals surface area contributed by atoms with Crippen LogP contribution < -0.4 is 5.32 Å². The first-order valence-electron chi connectivity index (χ1n) is 12.0. The summed E-state index contributed by atoms with van der Waals surface area (Å²) in [5.41, 5.74) is 4.26. The lowest BCUT2D eigenvalue weighted by molar-refractivity contribution is -0.137. The number of benzene rings is 1. The van der Waals surface area contributed by atoms with Crippen molar-refractivity contribution in [3.63, 3.8) is 0 Å². The summed E-state index contributed by atoms with van der Waals surface area (Å²) in [6.45, 7) is 6.57. The summed E-state index contributed by atoms with van der Waals surface area (Å²) >= 11 is 0. The Bertz CT molecular complexity index is 1470. The van der Waals surface area contributed by atoms with Crippen molar-refractivity contribution >= 4 is 22.4 Å². The van der Waals surface area contributed by atoms with E-state index in [1.54, 1.807) is 19.2 Å². The van der Waals surface area contributed by atoms with Crippen molar-refractivity contribution in [2.75, 3.05) is 26.0 Å². The van der Waals surface area contributed by atoms with Crippen LogP contribution in [0.5, 0.6) is 0 Å². The van der Waals surface area contributed by atoms with Crippen LogP contribution in [0.4, 0.5) is 24.5 Å². The molecule has 192 valence electrons. The fourth-order valence-electron chi connectivity index (χ4n) is 5.18. The largest absolute Gasteiger partial charge is 0.418 e. The summed E-state index contributed by atoms with van der Waals surface area (Å²) in [5, 5.41) is 4.17. The molecule has 0 unspecified atom stereocenters. The predicted molar refractivity (Wildman–Crippen MR) is 138 cm³/mol. The average Bonchev–Trinajstić information content (AvgIpc) is 2.82. The van der Waals surface area contributed by atoms with E-state index in [1.165, 1.54) is 23.4 Å². The van der Waals surface area contributed by atoms with Crippen LogP contribution in [0.15, 0.2) is 54.7 Å². The molecule has 0 bridgehead atoms. The van der Waals surface area contributed by atoms with Crippen molar-refractivity contribution in [2.24, 2.45) is 0 Å². The number of anilines is 2. The van der Waals surface area contributed by atoms with Crippen LogP contribution in [-0.4, -0.2) is 40.6 Å². The molecule has 5 rings (SSSR count). The Hall–Kier alpha value is -3.56. The Morgan fingerprint density at radius 3 is 2.65 bits per heavy atom. The molecule has 0 atom stereocenters. The van der Waals surface area contributed by atoms with Gasteiger partial charge in [-0.3, -0.25) is 4.98 Å². The van der Waals surface area contributed by atoms with Crippen LogP contribution in [0.1, 0.15) is 36.2 Å². The molecule has 1 aromatic carbocycles. The summed E-state index contributed by atoms with van der Waals surface area (Å²) in [5.74, 6) is 0. The Balaban J connectivity index is 1.58. The third kappa shape index (κ3) is 5.01. The van der Waals surface area contributed by atoms with E-state index >= 15 is 0 Å². The number of nitrogens with zero attached hydrogens (tertiary/aromatic N) is 4. The normalized spacial score (nSPS) is 15.5. The Morgan fingerprint density at radius 1 is 1.08 bits per heavy atom. The SMILES string of the molecule is COCc1cc(Nc2ccc3c(c2)CN(C)CC3(C)C)c2ccc(-c3ncccc3C(F)(F)F)nc2n1. The average molecular weight is 508 g/mol. The summed E-state index contributed by atoms with van der Waals surface area (Å²) in [6.07, 6.45) is -3.22. The van der Waals surface area contributed by atoms with E-state index in [-0.39, 0.29) is 23.4 Å². The summed E-state index contributed by atoms with van der Waals surface area (Å²) in [7, 11) is 3.68. The van der Waals surface area contributed by atoms with E-state index in [2.05, 4.69) is 64.3 Å². The predicted octanol–water partition coefficient (Wildman–Crippen LogP) is 6.32. The Labute approximate surface area is 213 Å². The number of hydrogen-bond donors (Lipinski definition) is 1. The zero-order chi connectivity index (χ0) is 26.4. The fraction of sp³-hybridized carbons (Fsp3) is 0.321. The van der Waals surface area contributed by atoms with Gasteiger partial charge in [-0.05, 0) is 60.6 Å². The molecule has 1 aliphatic rings. The lowest BCUT2D eigenvalue weighted by Gasteiger charge is -2.38. The third-order valence-corrected chi connectivity index (χ3v) is 6.59. The third-order valence-electron chi connectivity index (χ3n) is 6.59. The van der Waals surface area contributed by atoms with Gasteiger partial charge in [0.2, 0.25) is 0 Å². The van der Waals surface area contributed by atoms with E-state index in [0.29, 0.717) is 16.7 Å². The van der Waals surface area contributed by atoms with E-state index in [0.717, 1.165) is 30.5 Å². The second-order valence-electron chi connectivity index (χ2n) is 10.1. The number of fused-ring (bicyclic) bond motifs is 2. The van der Waals surface area contributed by atoms with Crippen LogP contribution in [-0.2, 0) is 29.5 Å². The zero-order valence-electron chi connectivity index (χ0n) is 21.1. The van der Waals surface area contributed by atoms with Gasteiger partial charge in [0.05, 0.1) is 29.2 Å². The molecule has 9 heteroatoms. The van der Waals surface area contributed by atoms with Crippen molar-refractivity contribution in [3.8, 4) is 11.4 Å². The van der Waals surface area contributed by atoms with Gasteiger partial charge in [-0.1, -0.05) is 19.9 Å². The summed E-state index contributed by atoms with van der Waals surface area (Å²) < 4.78 is 46.1. The van der Waals surface area contributed by atoms with Gasteiger partial charge in [-0.15, -0.1) is 0 Å². The first kappa shape index (κ1) is 25.1. The number of ether oxygens (including phenoxy) is 1. The Kier molecular flexibility index (Phi) is 6.37. The molecule has 37 heavy (non-hydrogen) atoms. The van der Waals surface area contributed by atoms with Gasteiger partial charge in [0.1, 0.15) is 5.69 Å². The minimum absolute atomic E-state index is 0.0525. The summed E-state index contributed by atoms with van der Waals surface area (Å²) in [6, 6.07) is 13.8. The van der Waals surface area contributed by atoms with E-state index < -0.39 is 11.7 Å². The highest BCUT2D eigenvalue weighted by Gasteiger charge is 2.35. The van der Waals surface area contributed by atoms with Crippen molar-refractivity contribution in [3.05, 3.63) is 77.1 Å². The molecule has 1 aliphatic heterocycles. The molecular weight excluding hydrogens is 479 g/mol. The lowest BCUT2D eigenvalue weighted by atomic mass is 9.78. The molecule has 4 aromatic rings. The standard InChI is InChI=1S/C28H28F3N5O/c1-27(2)16-36(3)14-17-12-18(7-9-21(17)27)33-24-13-19(15-37-4)34-26-20(24)8-10-23(35-26)25-22(28(29,30)31)6-5-11-32-25/h5-13H,14-16H2,1-4H3,(H,33,34,35). The lowest BCUT2D eigenvalue weighted by Crippen LogP contribution is -2.39. The number of hydrogen-bond acceptors (Lipinski definition) is 6. The number of pyridine rings is 3. The molecule has 1 N–H and O–H groups in total. The Morgan fingerprint density at radius 2 is 1.89 bits per heavy atom. The highest BCUT2D eigenvalue weighted by Crippen LogP contribution is 2.37. The molecule has 6 nitrogen and oxygen atoms in total. The minimum Gasteiger partial charge on any atom is -0.378 e. The van der Waals surface area contributed by atoms with Gasteiger partial charge in [0.15, 0.2) is 5.65 Å². The number of nitrogens with one attached hydrogen (secondary N) is 1. The second-order valence-corrected chi connectivity index (χ2v) is 10.1. The molecule has 0 fully saturated rings. The molecule has 0 radical (unpaired) electrons. The maximum Gasteiger partial charge on any atom is 0.418 e. The van der Waals surface area contributed by atoms with Crippen molar-refractivity contribution < 1.29 is 17.9 Å². The highest BCUT2D eigenvalue weighted by atomic mass is 19.4. The molecule has 0 saturated heterocycles. The van der Waals surface area contributed by atoms with E-state index in [4.69, 9.17) is 4.74 Å². The maximum atomic E-state index is 13.6. The number of aromatic nitrogens is 3. The monoisotopic (exact) mass is 507 g/mol. The van der Waals surface area contributed by atoms with Crippen LogP contribution in [0.3, 0.4) is 0 Å². The first-order valence-corrected chi connectivity index (χ1v) is 12.0. The van der Waals surface area contributed by atoms with Crippen molar-refractivity contribution in [1.29, 1.82) is 0 Å². The van der Waals surface area contributed by atoms with Crippen molar-refractivity contribution in [2.45, 2.75) is 38.6 Å². The van der Waals surface area contributed by atoms with Gasteiger partial charge >= 0.3 is 6.18 Å². The fourth-order valence-corrected chi connectivity index (χ4v) is 5.18. The molecule has 0 saturated carbocycles. The van der Waals surface area contributed by atoms with E-state index in [9.17, 15) is 13.2 Å².